The lowest BCUT2D eigenvalue weighted by Gasteiger charge is -2.19. The zero-order chi connectivity index (χ0) is 28.6. The third kappa shape index (κ3) is 5.56. The summed E-state index contributed by atoms with van der Waals surface area (Å²) in [4.78, 5) is 32.3. The molecule has 0 amide bonds. The van der Waals surface area contributed by atoms with Crippen molar-refractivity contribution in [3.63, 3.8) is 0 Å². The molecular formula is C32H31ClN4O3. The second-order valence-electron chi connectivity index (χ2n) is 11.0. The van der Waals surface area contributed by atoms with Crippen molar-refractivity contribution in [2.75, 3.05) is 0 Å². The largest absolute Gasteiger partial charge is 0.459 e. The molecule has 2 aromatic heterocycles. The molecular weight excluding hydrogens is 524 g/mol. The van der Waals surface area contributed by atoms with Gasteiger partial charge in [0.05, 0.1) is 5.69 Å². The van der Waals surface area contributed by atoms with Crippen LogP contribution in [0.15, 0.2) is 83.7 Å². The van der Waals surface area contributed by atoms with Gasteiger partial charge in [0.25, 0.3) is 5.56 Å². The minimum Gasteiger partial charge on any atom is -0.459 e. The number of rotatable bonds is 6. The van der Waals surface area contributed by atoms with Crippen LogP contribution in [0.5, 0.6) is 0 Å². The Morgan fingerprint density at radius 1 is 0.925 bits per heavy atom. The van der Waals surface area contributed by atoms with E-state index in [-0.39, 0.29) is 17.6 Å². The maximum absolute atomic E-state index is 14.4. The molecule has 40 heavy (non-hydrogen) atoms. The van der Waals surface area contributed by atoms with Crippen LogP contribution in [0.2, 0.25) is 5.02 Å². The van der Waals surface area contributed by atoms with Gasteiger partial charge in [-0.15, -0.1) is 0 Å². The summed E-state index contributed by atoms with van der Waals surface area (Å²) in [5.41, 5.74) is 3.44. The van der Waals surface area contributed by atoms with E-state index in [1.807, 2.05) is 54.6 Å². The lowest BCUT2D eigenvalue weighted by atomic mass is 10.0. The van der Waals surface area contributed by atoms with Crippen LogP contribution in [-0.2, 0) is 16.1 Å². The molecule has 0 saturated heterocycles. The average Bonchev–Trinajstić information content (AvgIpc) is 3.27. The van der Waals surface area contributed by atoms with Crippen LogP contribution >= 0.6 is 11.6 Å². The Kier molecular flexibility index (Phi) is 7.34. The van der Waals surface area contributed by atoms with E-state index in [0.29, 0.717) is 33.7 Å². The highest BCUT2D eigenvalue weighted by molar-refractivity contribution is 6.30. The van der Waals surface area contributed by atoms with E-state index in [2.05, 4.69) is 13.8 Å². The van der Waals surface area contributed by atoms with Gasteiger partial charge in [0.15, 0.2) is 5.52 Å². The first kappa shape index (κ1) is 27.3. The highest BCUT2D eigenvalue weighted by atomic mass is 35.5. The van der Waals surface area contributed by atoms with Crippen LogP contribution in [0, 0.1) is 0 Å². The van der Waals surface area contributed by atoms with Crippen molar-refractivity contribution in [3.05, 3.63) is 99.8 Å². The first-order valence-electron chi connectivity index (χ1n) is 13.2. The van der Waals surface area contributed by atoms with Crippen molar-refractivity contribution in [3.8, 4) is 28.3 Å². The van der Waals surface area contributed by atoms with Gasteiger partial charge < -0.3 is 4.74 Å². The van der Waals surface area contributed by atoms with E-state index >= 15 is 0 Å². The van der Waals surface area contributed by atoms with Gasteiger partial charge in [-0.05, 0) is 56.5 Å². The molecule has 3 aromatic carbocycles. The summed E-state index contributed by atoms with van der Waals surface area (Å²) in [6.45, 7) is 9.43. The van der Waals surface area contributed by atoms with Crippen LogP contribution in [0.1, 0.15) is 46.1 Å². The topological polar surface area (TPSA) is 79.0 Å². The Balaban J connectivity index is 1.81. The van der Waals surface area contributed by atoms with Crippen LogP contribution in [0.25, 0.3) is 39.4 Å². The summed E-state index contributed by atoms with van der Waals surface area (Å²) in [6.07, 6.45) is 0. The Hall–Kier alpha value is -4.23. The quantitative estimate of drug-likeness (QED) is 0.210. The molecule has 5 aromatic rings. The molecule has 5 rings (SSSR count). The number of carbonyl (C=O) groups excluding carboxylic acids is 1. The monoisotopic (exact) mass is 554 g/mol. The molecule has 0 radical (unpaired) electrons. The molecule has 0 N–H and O–H groups in total. The van der Waals surface area contributed by atoms with Crippen molar-refractivity contribution in [2.24, 2.45) is 0 Å². The SMILES string of the molecule is CC(C)c1ccc(-c2nc3c(-c4ccccc4)nn(CC(=O)OC(C)(C)C)c3c(=O)n2-c2ccc(Cl)cc2)cc1. The molecule has 0 aliphatic rings. The summed E-state index contributed by atoms with van der Waals surface area (Å²) >= 11 is 6.18. The summed E-state index contributed by atoms with van der Waals surface area (Å²) in [6, 6.07) is 24.6. The average molecular weight is 555 g/mol. The van der Waals surface area contributed by atoms with E-state index in [0.717, 1.165) is 11.1 Å². The fourth-order valence-electron chi connectivity index (χ4n) is 4.57. The minimum absolute atomic E-state index is 0.210. The number of ether oxygens (including phenoxy) is 1. The van der Waals surface area contributed by atoms with E-state index in [4.69, 9.17) is 26.4 Å². The fraction of sp³-hybridized carbons (Fsp3) is 0.250. The number of benzene rings is 3. The Morgan fingerprint density at radius 2 is 1.57 bits per heavy atom. The van der Waals surface area contributed by atoms with Gasteiger partial charge in [-0.3, -0.25) is 14.2 Å². The van der Waals surface area contributed by atoms with Crippen LogP contribution in [0.3, 0.4) is 0 Å². The maximum atomic E-state index is 14.4. The zero-order valence-corrected chi connectivity index (χ0v) is 23.9. The minimum atomic E-state index is -0.681. The predicted octanol–water partition coefficient (Wildman–Crippen LogP) is 7.03. The van der Waals surface area contributed by atoms with Crippen molar-refractivity contribution in [1.82, 2.24) is 19.3 Å². The molecule has 0 saturated carbocycles. The summed E-state index contributed by atoms with van der Waals surface area (Å²) < 4.78 is 8.50. The Morgan fingerprint density at radius 3 is 2.17 bits per heavy atom. The third-order valence-electron chi connectivity index (χ3n) is 6.43. The van der Waals surface area contributed by atoms with Gasteiger partial charge in [-0.25, -0.2) is 9.67 Å². The number of nitrogens with zero attached hydrogens (tertiary/aromatic N) is 4. The molecule has 0 aliphatic heterocycles. The Labute approximate surface area is 238 Å². The maximum Gasteiger partial charge on any atom is 0.328 e. The van der Waals surface area contributed by atoms with Gasteiger partial charge in [-0.2, -0.15) is 5.10 Å². The highest BCUT2D eigenvalue weighted by Crippen LogP contribution is 2.30. The van der Waals surface area contributed by atoms with Crippen LogP contribution in [-0.4, -0.2) is 30.9 Å². The van der Waals surface area contributed by atoms with Crippen molar-refractivity contribution in [2.45, 2.75) is 52.7 Å². The molecule has 0 spiro atoms. The second kappa shape index (κ2) is 10.7. The number of aromatic nitrogens is 4. The van der Waals surface area contributed by atoms with Crippen molar-refractivity contribution >= 4 is 28.6 Å². The first-order valence-corrected chi connectivity index (χ1v) is 13.6. The lowest BCUT2D eigenvalue weighted by molar-refractivity contribution is -0.155. The smallest absolute Gasteiger partial charge is 0.328 e. The molecule has 0 aliphatic carbocycles. The van der Waals surface area contributed by atoms with E-state index in [1.165, 1.54) is 10.2 Å². The molecule has 2 heterocycles. The van der Waals surface area contributed by atoms with Gasteiger partial charge in [0.1, 0.15) is 29.2 Å². The summed E-state index contributed by atoms with van der Waals surface area (Å²) in [5, 5.41) is 5.28. The lowest BCUT2D eigenvalue weighted by Crippen LogP contribution is -2.29. The molecule has 0 unspecified atom stereocenters. The van der Waals surface area contributed by atoms with Crippen LogP contribution < -0.4 is 5.56 Å². The molecule has 0 atom stereocenters. The number of carbonyl (C=O) groups is 1. The standard InChI is InChI=1S/C32H31ClN4O3/c1-20(2)21-11-13-23(14-12-21)30-34-28-27(22-9-7-6-8-10-22)35-36(19-26(38)40-32(3,4)5)29(28)31(39)37(30)25-17-15-24(33)16-18-25/h6-18,20H,19H2,1-5H3. The zero-order valence-electron chi connectivity index (χ0n) is 23.2. The van der Waals surface area contributed by atoms with Crippen LogP contribution in [0.4, 0.5) is 0 Å². The number of hydrogen-bond acceptors (Lipinski definition) is 5. The number of hydrogen-bond donors (Lipinski definition) is 0. The normalized spacial score (nSPS) is 11.8. The summed E-state index contributed by atoms with van der Waals surface area (Å²) in [5.74, 6) is 0.324. The molecule has 204 valence electrons. The molecule has 0 fully saturated rings. The first-order chi connectivity index (χ1) is 19.0. The van der Waals surface area contributed by atoms with Crippen molar-refractivity contribution in [1.29, 1.82) is 0 Å². The van der Waals surface area contributed by atoms with Crippen molar-refractivity contribution < 1.29 is 9.53 Å². The highest BCUT2D eigenvalue weighted by Gasteiger charge is 2.25. The van der Waals surface area contributed by atoms with E-state index in [9.17, 15) is 9.59 Å². The molecule has 7 nitrogen and oxygen atoms in total. The van der Waals surface area contributed by atoms with Gasteiger partial charge in [0.2, 0.25) is 0 Å². The molecule has 8 heteroatoms. The van der Waals surface area contributed by atoms with E-state index < -0.39 is 11.6 Å². The number of fused-ring (bicyclic) bond motifs is 1. The Bertz CT molecular complexity index is 1730. The summed E-state index contributed by atoms with van der Waals surface area (Å²) in [7, 11) is 0. The molecule has 0 bridgehead atoms. The van der Waals surface area contributed by atoms with Gasteiger partial charge in [0, 0.05) is 16.1 Å². The second-order valence-corrected chi connectivity index (χ2v) is 11.4. The third-order valence-corrected chi connectivity index (χ3v) is 6.68. The predicted molar refractivity (Wildman–Crippen MR) is 159 cm³/mol. The van der Waals surface area contributed by atoms with E-state index in [1.54, 1.807) is 49.6 Å². The van der Waals surface area contributed by atoms with Gasteiger partial charge >= 0.3 is 5.97 Å². The number of halogens is 1. The van der Waals surface area contributed by atoms with Gasteiger partial charge in [-0.1, -0.05) is 80.0 Å². The number of esters is 1. The fourth-order valence-corrected chi connectivity index (χ4v) is 4.70.